The zero-order valence-corrected chi connectivity index (χ0v) is 14.9. The molecule has 0 aliphatic carbocycles. The highest BCUT2D eigenvalue weighted by molar-refractivity contribution is 7.13. The molecular weight excluding hydrogens is 392 g/mol. The van der Waals surface area contributed by atoms with Gasteiger partial charge in [0.1, 0.15) is 22.2 Å². The number of nitrogens with one attached hydrogen (secondary N) is 1. The lowest BCUT2D eigenvalue weighted by Crippen LogP contribution is -2.13. The number of hydrogen-bond acceptors (Lipinski definition) is 7. The summed E-state index contributed by atoms with van der Waals surface area (Å²) < 4.78 is 1.60. The van der Waals surface area contributed by atoms with E-state index in [0.29, 0.717) is 11.4 Å². The van der Waals surface area contributed by atoms with Crippen LogP contribution in [0.1, 0.15) is 5.69 Å². The number of nitrogens with zero attached hydrogens (tertiary/aromatic N) is 5. The van der Waals surface area contributed by atoms with Crippen LogP contribution in [0.25, 0.3) is 11.8 Å². The molecule has 0 aliphatic rings. The van der Waals surface area contributed by atoms with Crippen molar-refractivity contribution in [2.24, 2.45) is 0 Å². The Morgan fingerprint density at radius 1 is 1.44 bits per heavy atom. The second kappa shape index (κ2) is 7.77. The molecule has 3 aromatic rings. The quantitative estimate of drug-likeness (QED) is 0.302. The number of carbonyl (C=O) groups is 1. The van der Waals surface area contributed by atoms with E-state index in [9.17, 15) is 20.2 Å². The molecule has 0 bridgehead atoms. The van der Waals surface area contributed by atoms with Crippen LogP contribution in [-0.2, 0) is 4.79 Å². The fourth-order valence-electron chi connectivity index (χ4n) is 2.23. The molecule has 0 saturated heterocycles. The molecule has 0 spiro atoms. The number of amides is 1. The number of nitriles is 1. The van der Waals surface area contributed by atoms with Crippen molar-refractivity contribution in [3.8, 4) is 11.8 Å². The predicted octanol–water partition coefficient (Wildman–Crippen LogP) is 3.44. The topological polar surface area (TPSA) is 127 Å². The fourth-order valence-corrected chi connectivity index (χ4v) is 2.85. The normalized spacial score (nSPS) is 11.0. The van der Waals surface area contributed by atoms with Gasteiger partial charge in [-0.25, -0.2) is 0 Å². The Balaban J connectivity index is 1.95. The van der Waals surface area contributed by atoms with E-state index in [4.69, 9.17) is 11.6 Å². The van der Waals surface area contributed by atoms with Crippen LogP contribution in [0, 0.1) is 21.4 Å². The van der Waals surface area contributed by atoms with E-state index in [1.54, 1.807) is 29.0 Å². The number of rotatable bonds is 5. The summed E-state index contributed by atoms with van der Waals surface area (Å²) >= 11 is 6.96. The maximum Gasteiger partial charge on any atom is 0.289 e. The number of halogens is 1. The Bertz CT molecular complexity index is 1080. The minimum absolute atomic E-state index is 0.0159. The molecule has 1 aromatic carbocycles. The van der Waals surface area contributed by atoms with Gasteiger partial charge in [0.15, 0.2) is 0 Å². The first kappa shape index (κ1) is 18.2. The van der Waals surface area contributed by atoms with E-state index >= 15 is 0 Å². The molecule has 11 heteroatoms. The summed E-state index contributed by atoms with van der Waals surface area (Å²) in [6.45, 7) is 0. The summed E-state index contributed by atoms with van der Waals surface area (Å²) in [6.07, 6.45) is 3.02. The first-order valence-corrected chi connectivity index (χ1v) is 8.56. The lowest BCUT2D eigenvalue weighted by atomic mass is 10.2. The Morgan fingerprint density at radius 3 is 2.93 bits per heavy atom. The molecule has 0 fully saturated rings. The van der Waals surface area contributed by atoms with Crippen LogP contribution < -0.4 is 5.32 Å². The summed E-state index contributed by atoms with van der Waals surface area (Å²) in [5.41, 5.74) is 1.99. The summed E-state index contributed by atoms with van der Waals surface area (Å²) in [7, 11) is 0. The largest absolute Gasteiger partial charge is 0.317 e. The number of aromatic nitrogens is 3. The average Bonchev–Trinajstić information content (AvgIpc) is 3.31. The second-order valence-electron chi connectivity index (χ2n) is 5.06. The van der Waals surface area contributed by atoms with Gasteiger partial charge in [-0.15, -0.1) is 10.2 Å². The number of hydrogen-bond donors (Lipinski definition) is 1. The van der Waals surface area contributed by atoms with Gasteiger partial charge in [0.25, 0.3) is 11.6 Å². The second-order valence-corrected chi connectivity index (χ2v) is 6.30. The molecule has 2 aromatic heterocycles. The third-order valence-corrected chi connectivity index (χ3v) is 4.35. The van der Waals surface area contributed by atoms with Crippen LogP contribution in [-0.4, -0.2) is 25.6 Å². The van der Waals surface area contributed by atoms with Gasteiger partial charge in [-0.3, -0.25) is 20.2 Å². The summed E-state index contributed by atoms with van der Waals surface area (Å²) in [5.74, 6) is -0.635. The van der Waals surface area contributed by atoms with E-state index in [1.807, 2.05) is 6.07 Å². The maximum atomic E-state index is 12.2. The number of nitro groups is 1. The van der Waals surface area contributed by atoms with Gasteiger partial charge in [-0.05, 0) is 30.3 Å². The highest BCUT2D eigenvalue weighted by Gasteiger charge is 2.16. The van der Waals surface area contributed by atoms with E-state index in [1.165, 1.54) is 23.7 Å². The van der Waals surface area contributed by atoms with Gasteiger partial charge in [0, 0.05) is 18.0 Å². The van der Waals surface area contributed by atoms with Crippen LogP contribution in [0.2, 0.25) is 5.02 Å². The van der Waals surface area contributed by atoms with Gasteiger partial charge >= 0.3 is 0 Å². The van der Waals surface area contributed by atoms with Crippen LogP contribution in [0.5, 0.6) is 0 Å². The van der Waals surface area contributed by atoms with Crippen LogP contribution in [0.15, 0.2) is 47.6 Å². The summed E-state index contributed by atoms with van der Waals surface area (Å²) in [6, 6.07) is 9.50. The molecule has 9 nitrogen and oxygen atoms in total. The van der Waals surface area contributed by atoms with Crippen molar-refractivity contribution in [2.45, 2.75) is 0 Å². The third-order valence-electron chi connectivity index (χ3n) is 3.42. The van der Waals surface area contributed by atoms with Crippen molar-refractivity contribution in [2.75, 3.05) is 5.32 Å². The maximum absolute atomic E-state index is 12.2. The van der Waals surface area contributed by atoms with Crippen molar-refractivity contribution in [3.05, 3.63) is 68.4 Å². The van der Waals surface area contributed by atoms with Crippen molar-refractivity contribution in [1.29, 1.82) is 5.26 Å². The minimum Gasteiger partial charge on any atom is -0.317 e. The highest BCUT2D eigenvalue weighted by Crippen LogP contribution is 2.28. The fraction of sp³-hybridized carbons (Fsp3) is 0. The minimum atomic E-state index is -0.635. The van der Waals surface area contributed by atoms with E-state index in [-0.39, 0.29) is 21.4 Å². The molecule has 0 saturated carbocycles. The Morgan fingerprint density at radius 2 is 2.26 bits per heavy atom. The molecule has 0 atom stereocenters. The third kappa shape index (κ3) is 4.00. The Labute approximate surface area is 161 Å². The molecule has 0 aliphatic heterocycles. The van der Waals surface area contributed by atoms with E-state index in [2.05, 4.69) is 15.5 Å². The van der Waals surface area contributed by atoms with Gasteiger partial charge in [0.2, 0.25) is 5.13 Å². The smallest absolute Gasteiger partial charge is 0.289 e. The zero-order chi connectivity index (χ0) is 19.4. The molecule has 1 N–H and O–H groups in total. The highest BCUT2D eigenvalue weighted by atomic mass is 35.5. The molecular formula is C16H9ClN6O3S. The van der Waals surface area contributed by atoms with Crippen molar-refractivity contribution in [3.63, 3.8) is 0 Å². The van der Waals surface area contributed by atoms with Crippen molar-refractivity contribution >= 4 is 45.7 Å². The first-order valence-electron chi connectivity index (χ1n) is 7.30. The van der Waals surface area contributed by atoms with Crippen molar-refractivity contribution < 1.29 is 9.72 Å². The molecule has 3 rings (SSSR count). The number of nitro benzene ring substituents is 1. The van der Waals surface area contributed by atoms with E-state index in [0.717, 1.165) is 11.3 Å². The van der Waals surface area contributed by atoms with E-state index < -0.39 is 10.8 Å². The standard InChI is InChI=1S/C16H9ClN6O3S/c17-13-4-3-12(7-14(13)23(25)26)22-5-1-2-11(22)6-10(8-18)15(24)20-16-21-19-9-27-16/h1-7,9H,(H,20,21,24). The molecule has 0 radical (unpaired) electrons. The first-order chi connectivity index (χ1) is 13.0. The SMILES string of the molecule is N#CC(=Cc1cccn1-c1ccc(Cl)c([N+](=O)[O-])c1)C(=O)Nc1nncs1. The molecule has 1 amide bonds. The van der Waals surface area contributed by atoms with Gasteiger partial charge in [0.05, 0.1) is 10.6 Å². The van der Waals surface area contributed by atoms with Gasteiger partial charge in [-0.2, -0.15) is 5.26 Å². The van der Waals surface area contributed by atoms with Crippen LogP contribution in [0.4, 0.5) is 10.8 Å². The molecule has 0 unspecified atom stereocenters. The van der Waals surface area contributed by atoms with Gasteiger partial charge < -0.3 is 4.57 Å². The molecule has 134 valence electrons. The monoisotopic (exact) mass is 400 g/mol. The lowest BCUT2D eigenvalue weighted by molar-refractivity contribution is -0.384. The van der Waals surface area contributed by atoms with Crippen LogP contribution in [0.3, 0.4) is 0 Å². The molecule has 2 heterocycles. The summed E-state index contributed by atoms with van der Waals surface area (Å²) in [4.78, 5) is 22.7. The lowest BCUT2D eigenvalue weighted by Gasteiger charge is -2.08. The zero-order valence-electron chi connectivity index (χ0n) is 13.4. The Kier molecular flexibility index (Phi) is 5.25. The number of anilines is 1. The number of carbonyl (C=O) groups excluding carboxylic acids is 1. The molecule has 27 heavy (non-hydrogen) atoms. The Hall–Kier alpha value is -3.55. The van der Waals surface area contributed by atoms with Gasteiger partial charge in [-0.1, -0.05) is 22.9 Å². The van der Waals surface area contributed by atoms with Crippen LogP contribution >= 0.6 is 22.9 Å². The van der Waals surface area contributed by atoms with Crippen molar-refractivity contribution in [1.82, 2.24) is 14.8 Å². The summed E-state index contributed by atoms with van der Waals surface area (Å²) in [5, 5.41) is 30.4. The predicted molar refractivity (Wildman–Crippen MR) is 99.6 cm³/mol. The average molecular weight is 401 g/mol. The number of benzene rings is 1.